The van der Waals surface area contributed by atoms with Gasteiger partial charge in [-0.3, -0.25) is 4.79 Å². The Kier molecular flexibility index (Phi) is 4.99. The minimum absolute atomic E-state index is 0.0140. The second-order valence-corrected chi connectivity index (χ2v) is 7.04. The van der Waals surface area contributed by atoms with Crippen molar-refractivity contribution < 1.29 is 23.8 Å². The lowest BCUT2D eigenvalue weighted by Crippen LogP contribution is -2.69. The summed E-state index contributed by atoms with van der Waals surface area (Å²) < 4.78 is 24.4. The summed E-state index contributed by atoms with van der Waals surface area (Å²) in [6.45, 7) is 3.86. The summed E-state index contributed by atoms with van der Waals surface area (Å²) in [5, 5.41) is 17.2. The lowest BCUT2D eigenvalue weighted by atomic mass is 9.73. The normalized spacial score (nSPS) is 28.6. The van der Waals surface area contributed by atoms with Gasteiger partial charge < -0.3 is 25.2 Å². The van der Waals surface area contributed by atoms with Gasteiger partial charge in [-0.15, -0.1) is 0 Å². The zero-order valence-electron chi connectivity index (χ0n) is 14.6. The van der Waals surface area contributed by atoms with E-state index in [4.69, 9.17) is 9.47 Å². The Morgan fingerprint density at radius 2 is 2.12 bits per heavy atom. The molecule has 1 amide bonds. The highest BCUT2D eigenvalue weighted by molar-refractivity contribution is 5.95. The predicted molar refractivity (Wildman–Crippen MR) is 90.2 cm³/mol. The van der Waals surface area contributed by atoms with Gasteiger partial charge in [0.05, 0.1) is 18.2 Å². The third-order valence-corrected chi connectivity index (χ3v) is 5.38. The van der Waals surface area contributed by atoms with E-state index in [1.54, 1.807) is 0 Å². The van der Waals surface area contributed by atoms with Gasteiger partial charge in [-0.1, -0.05) is 0 Å². The molecule has 2 fully saturated rings. The summed E-state index contributed by atoms with van der Waals surface area (Å²) in [6, 6.07) is 3.97. The molecule has 0 aliphatic carbocycles. The Morgan fingerprint density at radius 3 is 2.80 bits per heavy atom. The second-order valence-electron chi connectivity index (χ2n) is 7.04. The van der Waals surface area contributed by atoms with Gasteiger partial charge in [-0.05, 0) is 57.5 Å². The highest BCUT2D eigenvalue weighted by Gasteiger charge is 2.53. The van der Waals surface area contributed by atoms with Crippen molar-refractivity contribution in [1.82, 2.24) is 10.6 Å². The molecule has 0 saturated carbocycles. The highest BCUT2D eigenvalue weighted by atomic mass is 19.1. The summed E-state index contributed by atoms with van der Waals surface area (Å²) in [4.78, 5) is 12.7. The lowest BCUT2D eigenvalue weighted by Gasteiger charge is -2.52. The molecule has 25 heavy (non-hydrogen) atoms. The molecule has 138 valence electrons. The number of piperidine rings is 1. The van der Waals surface area contributed by atoms with Crippen molar-refractivity contribution in [2.24, 2.45) is 0 Å². The fourth-order valence-electron chi connectivity index (χ4n) is 3.79. The van der Waals surface area contributed by atoms with Gasteiger partial charge in [0.15, 0.2) is 11.6 Å². The number of ether oxygens (including phenoxy) is 2. The molecule has 0 unspecified atom stereocenters. The molecule has 0 radical (unpaired) electrons. The van der Waals surface area contributed by atoms with Crippen LogP contribution in [0.4, 0.5) is 4.39 Å². The molecule has 2 aliphatic heterocycles. The molecule has 1 aromatic carbocycles. The molecule has 2 atom stereocenters. The van der Waals surface area contributed by atoms with Crippen molar-refractivity contribution in [2.75, 3.05) is 26.8 Å². The second kappa shape index (κ2) is 6.90. The number of nitrogens with one attached hydrogen (secondary N) is 2. The fraction of sp³-hybridized carbons (Fsp3) is 0.611. The number of hydrogen-bond acceptors (Lipinski definition) is 5. The van der Waals surface area contributed by atoms with Crippen molar-refractivity contribution in [2.45, 2.75) is 43.4 Å². The number of aliphatic hydroxyl groups excluding tert-OH is 1. The molecule has 6 nitrogen and oxygen atoms in total. The Labute approximate surface area is 146 Å². The molecule has 0 aromatic heterocycles. The Bertz CT molecular complexity index is 642. The molecule has 0 bridgehead atoms. The van der Waals surface area contributed by atoms with Crippen LogP contribution in [-0.2, 0) is 4.74 Å². The van der Waals surface area contributed by atoms with E-state index in [2.05, 4.69) is 10.6 Å². The number of halogens is 1. The van der Waals surface area contributed by atoms with Crippen LogP contribution in [0.15, 0.2) is 18.2 Å². The van der Waals surface area contributed by atoms with Crippen molar-refractivity contribution >= 4 is 5.91 Å². The first-order valence-electron chi connectivity index (χ1n) is 8.59. The summed E-state index contributed by atoms with van der Waals surface area (Å²) in [5.41, 5.74) is -1.15. The molecule has 1 aromatic rings. The maximum absolute atomic E-state index is 13.5. The highest BCUT2D eigenvalue weighted by Crippen LogP contribution is 2.38. The minimum atomic E-state index is -0.817. The number of methoxy groups -OCH3 is 1. The third kappa shape index (κ3) is 3.36. The number of carbonyl (C=O) groups excluding carboxylic acids is 1. The molecule has 3 rings (SSSR count). The van der Waals surface area contributed by atoms with Crippen LogP contribution in [0, 0.1) is 5.82 Å². The number of hydrogen-bond donors (Lipinski definition) is 3. The lowest BCUT2D eigenvalue weighted by molar-refractivity contribution is -0.197. The first kappa shape index (κ1) is 18.1. The van der Waals surface area contributed by atoms with Crippen LogP contribution in [0.1, 0.15) is 36.5 Å². The van der Waals surface area contributed by atoms with E-state index in [0.717, 1.165) is 13.1 Å². The maximum atomic E-state index is 13.5. The number of rotatable bonds is 3. The smallest absolute Gasteiger partial charge is 0.251 e. The SMILES string of the molecule is COc1cc(C(=O)N[C@]2(C)CCOC3(CCNCC3)[C@H]2O)ccc1F. The van der Waals surface area contributed by atoms with Crippen molar-refractivity contribution in [1.29, 1.82) is 0 Å². The van der Waals surface area contributed by atoms with Crippen LogP contribution in [0.25, 0.3) is 0 Å². The summed E-state index contributed by atoms with van der Waals surface area (Å²) in [6.07, 6.45) is 1.09. The van der Waals surface area contributed by atoms with Gasteiger partial charge in [0, 0.05) is 12.2 Å². The van der Waals surface area contributed by atoms with Gasteiger partial charge in [0.1, 0.15) is 6.10 Å². The van der Waals surface area contributed by atoms with Crippen LogP contribution in [-0.4, -0.2) is 55.1 Å². The Hall–Kier alpha value is -1.70. The zero-order chi connectivity index (χ0) is 18.1. The van der Waals surface area contributed by atoms with Crippen LogP contribution in [0.3, 0.4) is 0 Å². The van der Waals surface area contributed by atoms with Crippen LogP contribution < -0.4 is 15.4 Å². The van der Waals surface area contributed by atoms with Crippen molar-refractivity contribution in [3.63, 3.8) is 0 Å². The molecule has 2 saturated heterocycles. The number of benzene rings is 1. The van der Waals surface area contributed by atoms with E-state index in [1.165, 1.54) is 25.3 Å². The molecule has 3 N–H and O–H groups in total. The van der Waals surface area contributed by atoms with Gasteiger partial charge in [0.25, 0.3) is 5.91 Å². The number of aliphatic hydroxyl groups is 1. The minimum Gasteiger partial charge on any atom is -0.494 e. The number of amides is 1. The summed E-state index contributed by atoms with van der Waals surface area (Å²) in [5.74, 6) is -0.879. The van der Waals surface area contributed by atoms with E-state index in [9.17, 15) is 14.3 Å². The summed E-state index contributed by atoms with van der Waals surface area (Å²) in [7, 11) is 1.35. The predicted octanol–water partition coefficient (Wildman–Crippen LogP) is 1.23. The topological polar surface area (TPSA) is 79.8 Å². The van der Waals surface area contributed by atoms with E-state index in [1.807, 2.05) is 6.92 Å². The standard InChI is InChI=1S/C18H25FN2O4/c1-17(7-10-25-18(16(17)23)5-8-20-9-6-18)21-15(22)12-3-4-13(19)14(11-12)24-2/h3-4,11,16,20,23H,5-10H2,1-2H3,(H,21,22)/t16-,17+/m0/s1. The van der Waals surface area contributed by atoms with Gasteiger partial charge >= 0.3 is 0 Å². The first-order chi connectivity index (χ1) is 11.9. The molecule has 2 heterocycles. The van der Waals surface area contributed by atoms with Crippen LogP contribution in [0.5, 0.6) is 5.75 Å². The molecular weight excluding hydrogens is 327 g/mol. The monoisotopic (exact) mass is 352 g/mol. The quantitative estimate of drug-likeness (QED) is 0.762. The number of carbonyl (C=O) groups is 1. The van der Waals surface area contributed by atoms with E-state index in [0.29, 0.717) is 25.9 Å². The van der Waals surface area contributed by atoms with Gasteiger partial charge in [-0.25, -0.2) is 4.39 Å². The van der Waals surface area contributed by atoms with Crippen molar-refractivity contribution in [3.05, 3.63) is 29.6 Å². The van der Waals surface area contributed by atoms with E-state index < -0.39 is 23.1 Å². The molecule has 7 heteroatoms. The van der Waals surface area contributed by atoms with Crippen molar-refractivity contribution in [3.8, 4) is 5.75 Å². The van der Waals surface area contributed by atoms with Gasteiger partial charge in [-0.2, -0.15) is 0 Å². The van der Waals surface area contributed by atoms with Crippen LogP contribution >= 0.6 is 0 Å². The zero-order valence-corrected chi connectivity index (χ0v) is 14.6. The van der Waals surface area contributed by atoms with E-state index >= 15 is 0 Å². The van der Waals surface area contributed by atoms with E-state index in [-0.39, 0.29) is 17.2 Å². The Balaban J connectivity index is 1.79. The average Bonchev–Trinajstić information content (AvgIpc) is 2.61. The first-order valence-corrected chi connectivity index (χ1v) is 8.59. The van der Waals surface area contributed by atoms with Gasteiger partial charge in [0.2, 0.25) is 0 Å². The van der Waals surface area contributed by atoms with Crippen LogP contribution in [0.2, 0.25) is 0 Å². The largest absolute Gasteiger partial charge is 0.494 e. The molecule has 1 spiro atoms. The molecular formula is C18H25FN2O4. The molecule has 2 aliphatic rings. The average molecular weight is 352 g/mol. The summed E-state index contributed by atoms with van der Waals surface area (Å²) >= 11 is 0. The fourth-order valence-corrected chi connectivity index (χ4v) is 3.79. The third-order valence-electron chi connectivity index (χ3n) is 5.38. The maximum Gasteiger partial charge on any atom is 0.251 e. The Morgan fingerprint density at radius 1 is 1.40 bits per heavy atom.